The molecule has 4 atom stereocenters. The van der Waals surface area contributed by atoms with Crippen molar-refractivity contribution in [3.05, 3.63) is 41.5 Å². The summed E-state index contributed by atoms with van der Waals surface area (Å²) in [5.41, 5.74) is 0.497. The molecule has 0 aromatic heterocycles. The summed E-state index contributed by atoms with van der Waals surface area (Å²) in [6, 6.07) is 3.21. The van der Waals surface area contributed by atoms with E-state index in [1.807, 2.05) is 6.92 Å². The van der Waals surface area contributed by atoms with Gasteiger partial charge in [-0.05, 0) is 62.8 Å². The van der Waals surface area contributed by atoms with Crippen LogP contribution in [0.5, 0.6) is 5.75 Å². The molecule has 0 saturated carbocycles. The summed E-state index contributed by atoms with van der Waals surface area (Å²) in [5, 5.41) is 12.8. The van der Waals surface area contributed by atoms with Crippen molar-refractivity contribution in [3.63, 3.8) is 0 Å². The van der Waals surface area contributed by atoms with Crippen LogP contribution in [0.4, 0.5) is 0 Å². The summed E-state index contributed by atoms with van der Waals surface area (Å²) < 4.78 is 17.1. The van der Waals surface area contributed by atoms with Gasteiger partial charge in [-0.15, -0.1) is 6.58 Å². The Bertz CT molecular complexity index is 889. The van der Waals surface area contributed by atoms with Gasteiger partial charge in [0.1, 0.15) is 11.9 Å². The smallest absolute Gasteiger partial charge is 0.338 e. The first-order valence-corrected chi connectivity index (χ1v) is 11.7. The maximum Gasteiger partial charge on any atom is 0.338 e. The highest BCUT2D eigenvalue weighted by Crippen LogP contribution is 2.38. The summed E-state index contributed by atoms with van der Waals surface area (Å²) in [6.07, 6.45) is 2.52. The van der Waals surface area contributed by atoms with Crippen molar-refractivity contribution < 1.29 is 33.7 Å². The first-order chi connectivity index (χ1) is 16.0. The Labute approximate surface area is 201 Å². The molecular weight excluding hydrogens is 438 g/mol. The summed E-state index contributed by atoms with van der Waals surface area (Å²) >= 11 is 0. The lowest BCUT2D eigenvalue weighted by Crippen LogP contribution is -2.52. The number of aryl methyl sites for hydroxylation is 2. The monoisotopic (exact) mass is 475 g/mol. The van der Waals surface area contributed by atoms with Crippen molar-refractivity contribution in [3.8, 4) is 5.75 Å². The molecule has 188 valence electrons. The molecule has 1 heterocycles. The van der Waals surface area contributed by atoms with Gasteiger partial charge in [0.25, 0.3) is 5.91 Å². The predicted molar refractivity (Wildman–Crippen MR) is 128 cm³/mol. The first kappa shape index (κ1) is 27.4. The van der Waals surface area contributed by atoms with E-state index in [2.05, 4.69) is 11.9 Å². The van der Waals surface area contributed by atoms with Gasteiger partial charge in [-0.2, -0.15) is 0 Å². The second-order valence-electron chi connectivity index (χ2n) is 9.02. The van der Waals surface area contributed by atoms with Gasteiger partial charge in [0.05, 0.1) is 19.3 Å². The lowest BCUT2D eigenvalue weighted by Gasteiger charge is -2.42. The average Bonchev–Trinajstić information content (AvgIpc) is 2.77. The number of rotatable bonds is 10. The van der Waals surface area contributed by atoms with Crippen molar-refractivity contribution in [2.45, 2.75) is 78.1 Å². The van der Waals surface area contributed by atoms with Crippen LogP contribution in [0.25, 0.3) is 0 Å². The van der Waals surface area contributed by atoms with Crippen molar-refractivity contribution in [1.29, 1.82) is 0 Å². The average molecular weight is 476 g/mol. The second kappa shape index (κ2) is 12.0. The number of hydrogen-bond donors (Lipinski definition) is 2. The molecule has 8 nitrogen and oxygen atoms in total. The molecule has 2 N–H and O–H groups in total. The Morgan fingerprint density at radius 3 is 2.53 bits per heavy atom. The third-order valence-electron chi connectivity index (χ3n) is 6.21. The largest absolute Gasteiger partial charge is 0.507 e. The van der Waals surface area contributed by atoms with Crippen molar-refractivity contribution in [2.75, 3.05) is 13.2 Å². The van der Waals surface area contributed by atoms with E-state index in [4.69, 9.17) is 14.2 Å². The van der Waals surface area contributed by atoms with Crippen LogP contribution in [0.3, 0.4) is 0 Å². The zero-order valence-corrected chi connectivity index (χ0v) is 20.8. The molecule has 1 aromatic carbocycles. The lowest BCUT2D eigenvalue weighted by molar-refractivity contribution is -0.200. The number of hydrogen-bond acceptors (Lipinski definition) is 7. The van der Waals surface area contributed by atoms with E-state index in [9.17, 15) is 19.5 Å². The molecule has 0 radical (unpaired) electrons. The lowest BCUT2D eigenvalue weighted by atomic mass is 9.82. The third kappa shape index (κ3) is 6.82. The quantitative estimate of drug-likeness (QED) is 0.392. The Morgan fingerprint density at radius 1 is 1.32 bits per heavy atom. The van der Waals surface area contributed by atoms with Crippen LogP contribution in [-0.2, 0) is 23.8 Å². The molecule has 4 unspecified atom stereocenters. The third-order valence-corrected chi connectivity index (χ3v) is 6.21. The summed E-state index contributed by atoms with van der Waals surface area (Å²) in [7, 11) is 0. The van der Waals surface area contributed by atoms with E-state index in [-0.39, 0.29) is 36.8 Å². The molecule has 0 spiro atoms. The molecular formula is C26H37NO7. The molecule has 1 aromatic rings. The molecule has 1 amide bonds. The molecule has 8 heteroatoms. The number of benzene rings is 1. The van der Waals surface area contributed by atoms with Gasteiger partial charge in [-0.3, -0.25) is 9.59 Å². The van der Waals surface area contributed by atoms with Crippen molar-refractivity contribution in [2.24, 2.45) is 5.92 Å². The minimum Gasteiger partial charge on any atom is -0.507 e. The normalized spacial score (nSPS) is 23.0. The maximum absolute atomic E-state index is 12.7. The fraction of sp³-hybridized carbons (Fsp3) is 0.577. The summed E-state index contributed by atoms with van der Waals surface area (Å²) in [4.78, 5) is 37.2. The van der Waals surface area contributed by atoms with Gasteiger partial charge in [0.2, 0.25) is 0 Å². The topological polar surface area (TPSA) is 111 Å². The van der Waals surface area contributed by atoms with Gasteiger partial charge >= 0.3 is 11.9 Å². The highest BCUT2D eigenvalue weighted by atomic mass is 16.6. The van der Waals surface area contributed by atoms with E-state index in [0.717, 1.165) is 6.42 Å². The van der Waals surface area contributed by atoms with Crippen molar-refractivity contribution >= 4 is 17.8 Å². The number of esters is 2. The molecule has 2 rings (SSSR count). The SMILES string of the molecule is C=CCC1(C(=O)OCC)CCC(C)C(CC(CNC(=O)c2cc(C)c(O)c(C)c2)OC(C)=O)O1. The summed E-state index contributed by atoms with van der Waals surface area (Å²) in [6.45, 7) is 12.6. The van der Waals surface area contributed by atoms with Crippen LogP contribution in [-0.4, -0.2) is 53.9 Å². The molecule has 1 fully saturated rings. The van der Waals surface area contributed by atoms with E-state index in [1.165, 1.54) is 6.92 Å². The highest BCUT2D eigenvalue weighted by molar-refractivity contribution is 5.94. The van der Waals surface area contributed by atoms with Crippen LogP contribution in [0, 0.1) is 19.8 Å². The number of carbonyl (C=O) groups is 3. The Kier molecular flexibility index (Phi) is 9.67. The number of nitrogens with one attached hydrogen (secondary N) is 1. The van der Waals surface area contributed by atoms with E-state index < -0.39 is 23.6 Å². The van der Waals surface area contributed by atoms with Crippen LogP contribution in [0.1, 0.15) is 67.9 Å². The molecule has 34 heavy (non-hydrogen) atoms. The van der Waals surface area contributed by atoms with E-state index in [1.54, 1.807) is 39.0 Å². The zero-order valence-electron chi connectivity index (χ0n) is 20.8. The highest BCUT2D eigenvalue weighted by Gasteiger charge is 2.47. The van der Waals surface area contributed by atoms with Gasteiger partial charge in [-0.1, -0.05) is 13.0 Å². The van der Waals surface area contributed by atoms with E-state index >= 15 is 0 Å². The predicted octanol–water partition coefficient (Wildman–Crippen LogP) is 3.75. The number of phenolic OH excluding ortho intramolecular Hbond substituents is 1. The summed E-state index contributed by atoms with van der Waals surface area (Å²) in [5.74, 6) is -0.955. The van der Waals surface area contributed by atoms with Gasteiger partial charge in [0, 0.05) is 25.3 Å². The van der Waals surface area contributed by atoms with Crippen LogP contribution < -0.4 is 5.32 Å². The fourth-order valence-electron chi connectivity index (χ4n) is 4.33. The van der Waals surface area contributed by atoms with Gasteiger partial charge < -0.3 is 24.6 Å². The maximum atomic E-state index is 12.7. The fourth-order valence-corrected chi connectivity index (χ4v) is 4.33. The van der Waals surface area contributed by atoms with Gasteiger partial charge in [0.15, 0.2) is 5.60 Å². The van der Waals surface area contributed by atoms with Gasteiger partial charge in [-0.25, -0.2) is 4.79 Å². The minimum atomic E-state index is -1.11. The van der Waals surface area contributed by atoms with Crippen LogP contribution >= 0.6 is 0 Å². The standard InChI is InChI=1S/C26H37NO7/c1-7-10-26(25(31)32-8-2)11-9-16(3)22(34-26)14-21(33-19(6)28)15-27-24(30)20-12-17(4)23(29)18(5)13-20/h7,12-13,16,21-22,29H,1,8-11,14-15H2,2-6H3,(H,27,30). The Hall–Kier alpha value is -2.87. The molecule has 0 bridgehead atoms. The molecule has 1 saturated heterocycles. The molecule has 1 aliphatic heterocycles. The molecule has 0 aliphatic carbocycles. The van der Waals surface area contributed by atoms with Crippen LogP contribution in [0.2, 0.25) is 0 Å². The first-order valence-electron chi connectivity index (χ1n) is 11.7. The minimum absolute atomic E-state index is 0.0812. The van der Waals surface area contributed by atoms with E-state index in [0.29, 0.717) is 36.0 Å². The van der Waals surface area contributed by atoms with Crippen LogP contribution in [0.15, 0.2) is 24.8 Å². The number of aromatic hydroxyl groups is 1. The molecule has 1 aliphatic rings. The Morgan fingerprint density at radius 2 is 1.97 bits per heavy atom. The second-order valence-corrected chi connectivity index (χ2v) is 9.02. The number of ether oxygens (including phenoxy) is 3. The zero-order chi connectivity index (χ0) is 25.5. The number of phenols is 1. The Balaban J connectivity index is 2.14. The van der Waals surface area contributed by atoms with Crippen molar-refractivity contribution in [1.82, 2.24) is 5.32 Å². The number of amides is 1. The number of carbonyl (C=O) groups excluding carboxylic acids is 3.